The van der Waals surface area contributed by atoms with Crippen LogP contribution in [0.5, 0.6) is 0 Å². The molecule has 0 spiro atoms. The highest BCUT2D eigenvalue weighted by Gasteiger charge is 2.67. The Hall–Kier alpha value is -0.670. The van der Waals surface area contributed by atoms with Crippen LogP contribution < -0.4 is 0 Å². The molecule has 2 atom stereocenters. The maximum atomic E-state index is 12.7. The third kappa shape index (κ3) is 2.26. The smallest absolute Gasteiger partial charge is 0.348 e. The van der Waals surface area contributed by atoms with Gasteiger partial charge in [-0.1, -0.05) is 30.3 Å². The standard InChI is InChI=1S/C13H19O4P/c1-4-15-18(14,16-5-2)13(3)12(17-13)11-9-7-6-8-10-11/h6-10,12H,4-5H2,1-3H3. The minimum absolute atomic E-state index is 0.220. The van der Waals surface area contributed by atoms with Gasteiger partial charge in [-0.2, -0.15) is 0 Å². The van der Waals surface area contributed by atoms with Crippen LogP contribution in [0.15, 0.2) is 30.3 Å². The van der Waals surface area contributed by atoms with E-state index >= 15 is 0 Å². The first-order valence-corrected chi connectivity index (χ1v) is 7.73. The molecule has 1 saturated heterocycles. The zero-order valence-corrected chi connectivity index (χ0v) is 11.9. The minimum atomic E-state index is -3.24. The average Bonchev–Trinajstić information content (AvgIpc) is 3.05. The van der Waals surface area contributed by atoms with Crippen LogP contribution in [0.3, 0.4) is 0 Å². The average molecular weight is 270 g/mol. The van der Waals surface area contributed by atoms with E-state index in [1.807, 2.05) is 30.3 Å². The van der Waals surface area contributed by atoms with Crippen molar-refractivity contribution in [1.82, 2.24) is 0 Å². The van der Waals surface area contributed by atoms with Gasteiger partial charge in [0.1, 0.15) is 6.10 Å². The zero-order chi connectivity index (χ0) is 13.2. The topological polar surface area (TPSA) is 48.1 Å². The van der Waals surface area contributed by atoms with E-state index in [-0.39, 0.29) is 6.10 Å². The third-order valence-electron chi connectivity index (χ3n) is 3.03. The zero-order valence-electron chi connectivity index (χ0n) is 11.0. The molecule has 1 aromatic carbocycles. The highest BCUT2D eigenvalue weighted by atomic mass is 31.2. The van der Waals surface area contributed by atoms with Crippen molar-refractivity contribution in [3.8, 4) is 0 Å². The largest absolute Gasteiger partial charge is 0.364 e. The second-order valence-electron chi connectivity index (χ2n) is 4.30. The highest BCUT2D eigenvalue weighted by Crippen LogP contribution is 2.74. The molecule has 100 valence electrons. The van der Waals surface area contributed by atoms with E-state index in [0.717, 1.165) is 5.56 Å². The normalized spacial score (nSPS) is 27.2. The molecule has 1 aliphatic heterocycles. The molecular weight excluding hydrogens is 251 g/mol. The molecule has 0 N–H and O–H groups in total. The van der Waals surface area contributed by atoms with Gasteiger partial charge in [-0.3, -0.25) is 4.57 Å². The van der Waals surface area contributed by atoms with Gasteiger partial charge in [-0.25, -0.2) is 0 Å². The SMILES string of the molecule is CCOP(=O)(OCC)C1(C)OC1c1ccccc1. The van der Waals surface area contributed by atoms with Gasteiger partial charge in [0.15, 0.2) is 5.34 Å². The van der Waals surface area contributed by atoms with Crippen LogP contribution in [0, 0.1) is 0 Å². The first-order chi connectivity index (χ1) is 8.57. The number of hydrogen-bond acceptors (Lipinski definition) is 4. The lowest BCUT2D eigenvalue weighted by atomic mass is 10.1. The Morgan fingerprint density at radius 3 is 2.28 bits per heavy atom. The van der Waals surface area contributed by atoms with Gasteiger partial charge in [0, 0.05) is 0 Å². The molecule has 0 amide bonds. The van der Waals surface area contributed by atoms with E-state index in [1.54, 1.807) is 20.8 Å². The van der Waals surface area contributed by atoms with Crippen molar-refractivity contribution in [1.29, 1.82) is 0 Å². The van der Waals surface area contributed by atoms with Crippen LogP contribution in [-0.4, -0.2) is 18.6 Å². The first kappa shape index (κ1) is 13.8. The van der Waals surface area contributed by atoms with Gasteiger partial charge >= 0.3 is 7.60 Å². The quantitative estimate of drug-likeness (QED) is 0.583. The lowest BCUT2D eigenvalue weighted by Crippen LogP contribution is -2.13. The highest BCUT2D eigenvalue weighted by molar-refractivity contribution is 7.55. The molecule has 0 aromatic heterocycles. The summed E-state index contributed by atoms with van der Waals surface area (Å²) in [5, 5.41) is -0.861. The van der Waals surface area contributed by atoms with Gasteiger partial charge in [0.25, 0.3) is 0 Å². The van der Waals surface area contributed by atoms with Crippen molar-refractivity contribution in [2.24, 2.45) is 0 Å². The second kappa shape index (κ2) is 5.14. The number of benzene rings is 1. The van der Waals surface area contributed by atoms with Crippen LogP contribution >= 0.6 is 7.60 Å². The van der Waals surface area contributed by atoms with E-state index < -0.39 is 12.9 Å². The molecule has 2 unspecified atom stereocenters. The van der Waals surface area contributed by atoms with Gasteiger partial charge in [0.2, 0.25) is 0 Å². The van der Waals surface area contributed by atoms with E-state index in [2.05, 4.69) is 0 Å². The molecule has 5 heteroatoms. The van der Waals surface area contributed by atoms with Crippen molar-refractivity contribution >= 4 is 7.60 Å². The Bertz CT molecular complexity index is 438. The van der Waals surface area contributed by atoms with Gasteiger partial charge in [-0.15, -0.1) is 0 Å². The maximum absolute atomic E-state index is 12.7. The summed E-state index contributed by atoms with van der Waals surface area (Å²) < 4.78 is 29.1. The molecule has 0 bridgehead atoms. The maximum Gasteiger partial charge on any atom is 0.364 e. The van der Waals surface area contributed by atoms with Crippen molar-refractivity contribution in [3.05, 3.63) is 35.9 Å². The predicted octanol–water partition coefficient (Wildman–Crippen LogP) is 3.74. The summed E-state index contributed by atoms with van der Waals surface area (Å²) >= 11 is 0. The molecule has 1 aromatic rings. The molecule has 18 heavy (non-hydrogen) atoms. The van der Waals surface area contributed by atoms with Crippen LogP contribution in [-0.2, 0) is 18.3 Å². The molecule has 4 nitrogen and oxygen atoms in total. The molecule has 0 aliphatic carbocycles. The summed E-state index contributed by atoms with van der Waals surface area (Å²) in [4.78, 5) is 0. The van der Waals surface area contributed by atoms with Crippen LogP contribution in [0.25, 0.3) is 0 Å². The number of rotatable bonds is 6. The van der Waals surface area contributed by atoms with Gasteiger partial charge in [0.05, 0.1) is 13.2 Å². The Balaban J connectivity index is 2.21. The Morgan fingerprint density at radius 2 is 1.78 bits per heavy atom. The molecule has 1 fully saturated rings. The molecule has 1 heterocycles. The van der Waals surface area contributed by atoms with E-state index in [1.165, 1.54) is 0 Å². The first-order valence-electron chi connectivity index (χ1n) is 6.19. The van der Waals surface area contributed by atoms with Crippen molar-refractivity contribution in [2.45, 2.75) is 32.2 Å². The molecule has 0 radical (unpaired) electrons. The summed E-state index contributed by atoms with van der Waals surface area (Å²) in [5.74, 6) is 0. The van der Waals surface area contributed by atoms with E-state index in [0.29, 0.717) is 13.2 Å². The lowest BCUT2D eigenvalue weighted by Gasteiger charge is -2.21. The molecule has 2 rings (SSSR count). The van der Waals surface area contributed by atoms with Gasteiger partial charge in [-0.05, 0) is 26.3 Å². The lowest BCUT2D eigenvalue weighted by molar-refractivity contribution is 0.191. The summed E-state index contributed by atoms with van der Waals surface area (Å²) in [6, 6.07) is 9.72. The Labute approximate surface area is 108 Å². The second-order valence-corrected chi connectivity index (χ2v) is 6.70. The fraction of sp³-hybridized carbons (Fsp3) is 0.538. The summed E-state index contributed by atoms with van der Waals surface area (Å²) in [7, 11) is -3.24. The number of hydrogen-bond donors (Lipinski definition) is 0. The summed E-state index contributed by atoms with van der Waals surface area (Å²) in [5.41, 5.74) is 1.000. The Morgan fingerprint density at radius 1 is 1.22 bits per heavy atom. The molecule has 1 aliphatic rings. The van der Waals surface area contributed by atoms with Crippen LogP contribution in [0.2, 0.25) is 0 Å². The van der Waals surface area contributed by atoms with Crippen molar-refractivity contribution in [2.75, 3.05) is 13.2 Å². The third-order valence-corrected chi connectivity index (χ3v) is 5.65. The van der Waals surface area contributed by atoms with Crippen LogP contribution in [0.1, 0.15) is 32.4 Å². The monoisotopic (exact) mass is 270 g/mol. The fourth-order valence-electron chi connectivity index (χ4n) is 2.05. The van der Waals surface area contributed by atoms with E-state index in [9.17, 15) is 4.57 Å². The summed E-state index contributed by atoms with van der Waals surface area (Å²) in [6.07, 6.45) is -0.220. The minimum Gasteiger partial charge on any atom is -0.348 e. The van der Waals surface area contributed by atoms with Crippen molar-refractivity contribution < 1.29 is 18.3 Å². The fourth-order valence-corrected chi connectivity index (χ4v) is 3.99. The number of ether oxygens (including phenoxy) is 1. The Kier molecular flexibility index (Phi) is 3.93. The van der Waals surface area contributed by atoms with Crippen molar-refractivity contribution in [3.63, 3.8) is 0 Å². The number of epoxide rings is 1. The predicted molar refractivity (Wildman–Crippen MR) is 69.5 cm³/mol. The summed E-state index contributed by atoms with van der Waals surface area (Å²) in [6.45, 7) is 6.08. The van der Waals surface area contributed by atoms with E-state index in [4.69, 9.17) is 13.8 Å². The van der Waals surface area contributed by atoms with Gasteiger partial charge < -0.3 is 13.8 Å². The molecular formula is C13H19O4P. The molecule has 0 saturated carbocycles. The van der Waals surface area contributed by atoms with Crippen LogP contribution in [0.4, 0.5) is 0 Å².